The predicted octanol–water partition coefficient (Wildman–Crippen LogP) is 24.3. The SMILES string of the molecule is Clc1cnc2c3ccccc3c3ccccc3c2n1.OB(O)c1cccc(-c2cc(-c3ccccc3)cc3c2sc2ccc(-c4ccccc4)cc23)c1.c1ccc(-c2ccc3sc4c(-c5cccc(-c6cnc7c8ccccc8c8ccccc8c7n6)c5)cc(-c5ccccc5)cc4c3c2)cc1. The highest BCUT2D eigenvalue weighted by Crippen LogP contribution is 2.47. The molecule has 0 unspecified atom stereocenters. The van der Waals surface area contributed by atoms with Crippen molar-refractivity contribution >= 4 is 152 Å². The van der Waals surface area contributed by atoms with Crippen LogP contribution in [-0.2, 0) is 0 Å². The third-order valence-electron chi connectivity index (χ3n) is 19.4. The van der Waals surface area contributed by atoms with Crippen LogP contribution >= 0.6 is 34.3 Å². The summed E-state index contributed by atoms with van der Waals surface area (Å²) in [7, 11) is -1.50. The first-order valence-electron chi connectivity index (χ1n) is 33.9. The molecule has 0 saturated heterocycles. The Morgan fingerprint density at radius 1 is 0.255 bits per heavy atom. The van der Waals surface area contributed by atoms with Crippen LogP contribution in [0.3, 0.4) is 0 Å². The highest BCUT2D eigenvalue weighted by molar-refractivity contribution is 7.26. The van der Waals surface area contributed by atoms with Crippen LogP contribution in [0, 0.1) is 0 Å². The lowest BCUT2D eigenvalue weighted by Crippen LogP contribution is -2.29. The van der Waals surface area contributed by atoms with E-state index in [1.165, 1.54) is 106 Å². The molecule has 0 amide bonds. The van der Waals surface area contributed by atoms with Gasteiger partial charge in [-0.05, 0) is 137 Å². The smallest absolute Gasteiger partial charge is 0.423 e. The molecule has 102 heavy (non-hydrogen) atoms. The second-order valence-electron chi connectivity index (χ2n) is 25.5. The van der Waals surface area contributed by atoms with Gasteiger partial charge in [-0.15, -0.1) is 22.7 Å². The number of fused-ring (bicyclic) bond motifs is 18. The maximum atomic E-state index is 9.75. The van der Waals surface area contributed by atoms with Gasteiger partial charge in [0.05, 0.1) is 40.2 Å². The molecule has 16 aromatic carbocycles. The van der Waals surface area contributed by atoms with Gasteiger partial charge >= 0.3 is 7.12 Å². The molecule has 4 heterocycles. The molecule has 6 nitrogen and oxygen atoms in total. The fourth-order valence-electron chi connectivity index (χ4n) is 14.5. The molecule has 0 radical (unpaired) electrons. The van der Waals surface area contributed by atoms with Crippen molar-refractivity contribution in [3.63, 3.8) is 0 Å². The predicted molar refractivity (Wildman–Crippen MR) is 434 cm³/mol. The Kier molecular flexibility index (Phi) is 16.2. The molecule has 0 aliphatic rings. The molecule has 0 aliphatic heterocycles. The van der Waals surface area contributed by atoms with E-state index in [9.17, 15) is 10.0 Å². The van der Waals surface area contributed by atoms with E-state index in [4.69, 9.17) is 21.6 Å². The summed E-state index contributed by atoms with van der Waals surface area (Å²) in [4.78, 5) is 19.3. The molecule has 0 bridgehead atoms. The molecule has 4 aromatic heterocycles. The minimum Gasteiger partial charge on any atom is -0.423 e. The summed E-state index contributed by atoms with van der Waals surface area (Å²) in [5, 5.41) is 34.2. The van der Waals surface area contributed by atoms with E-state index in [0.717, 1.165) is 77.1 Å². The quantitative estimate of drug-likeness (QED) is 0.116. The van der Waals surface area contributed by atoms with Crippen LogP contribution in [0.5, 0.6) is 0 Å². The summed E-state index contributed by atoms with van der Waals surface area (Å²) in [5.74, 6) is 0. The first kappa shape index (κ1) is 62.2. The Morgan fingerprint density at radius 2 is 0.608 bits per heavy atom. The monoisotopic (exact) mass is 1360 g/mol. The van der Waals surface area contributed by atoms with Crippen LogP contribution in [0.2, 0.25) is 5.15 Å². The molecular weight excluding hydrogens is 1300 g/mol. The van der Waals surface area contributed by atoms with Crippen LogP contribution in [-0.4, -0.2) is 37.1 Å². The summed E-state index contributed by atoms with van der Waals surface area (Å²) < 4.78 is 5.01. The van der Waals surface area contributed by atoms with Gasteiger partial charge in [0.2, 0.25) is 0 Å². The van der Waals surface area contributed by atoms with Crippen LogP contribution < -0.4 is 5.46 Å². The van der Waals surface area contributed by atoms with Crippen molar-refractivity contribution in [1.29, 1.82) is 0 Å². The number of halogens is 1. The zero-order valence-corrected chi connectivity index (χ0v) is 57.2. The minimum absolute atomic E-state index is 0.424. The second kappa shape index (κ2) is 26.6. The number of benzene rings is 16. The molecule has 20 rings (SSSR count). The Bertz CT molecular complexity index is 6560. The van der Waals surface area contributed by atoms with Gasteiger partial charge in [0.15, 0.2) is 0 Å². The van der Waals surface area contributed by atoms with E-state index < -0.39 is 7.12 Å². The van der Waals surface area contributed by atoms with E-state index in [1.54, 1.807) is 23.6 Å². The molecule has 20 aromatic rings. The lowest BCUT2D eigenvalue weighted by Gasteiger charge is -2.12. The van der Waals surface area contributed by atoms with Crippen LogP contribution in [0.25, 0.3) is 184 Å². The summed E-state index contributed by atoms with van der Waals surface area (Å²) in [6.45, 7) is 0. The number of nitrogens with zero attached hydrogens (tertiary/aromatic N) is 4. The summed E-state index contributed by atoms with van der Waals surface area (Å²) >= 11 is 9.65. The van der Waals surface area contributed by atoms with Gasteiger partial charge in [0.25, 0.3) is 0 Å². The van der Waals surface area contributed by atoms with Gasteiger partial charge in [-0.3, -0.25) is 9.97 Å². The van der Waals surface area contributed by atoms with Gasteiger partial charge in [-0.25, -0.2) is 9.97 Å². The number of thiophene rings is 2. The number of rotatable bonds is 8. The molecule has 480 valence electrons. The van der Waals surface area contributed by atoms with Gasteiger partial charge < -0.3 is 10.0 Å². The third-order valence-corrected chi connectivity index (χ3v) is 22.0. The van der Waals surface area contributed by atoms with Crippen molar-refractivity contribution in [2.45, 2.75) is 0 Å². The summed E-state index contributed by atoms with van der Waals surface area (Å²) in [5.41, 5.74) is 20.1. The van der Waals surface area contributed by atoms with Crippen LogP contribution in [0.15, 0.2) is 340 Å². The fourth-order valence-corrected chi connectivity index (χ4v) is 17.0. The van der Waals surface area contributed by atoms with E-state index in [2.05, 4.69) is 277 Å². The third kappa shape index (κ3) is 11.6. The van der Waals surface area contributed by atoms with Crippen molar-refractivity contribution < 1.29 is 10.0 Å². The maximum absolute atomic E-state index is 9.75. The molecule has 0 fully saturated rings. The van der Waals surface area contributed by atoms with Crippen LogP contribution in [0.4, 0.5) is 0 Å². The molecule has 2 N–H and O–H groups in total. The molecule has 10 heteroatoms. The summed E-state index contributed by atoms with van der Waals surface area (Å²) in [6.07, 6.45) is 3.54. The lowest BCUT2D eigenvalue weighted by atomic mass is 9.79. The molecule has 0 atom stereocenters. The molecule has 0 spiro atoms. The highest BCUT2D eigenvalue weighted by Gasteiger charge is 2.21. The van der Waals surface area contributed by atoms with Gasteiger partial charge in [0, 0.05) is 78.6 Å². The van der Waals surface area contributed by atoms with Gasteiger partial charge in [-0.2, -0.15) is 0 Å². The van der Waals surface area contributed by atoms with E-state index >= 15 is 0 Å². The minimum atomic E-state index is -1.50. The number of hydrogen-bond donors (Lipinski definition) is 2. The first-order valence-corrected chi connectivity index (χ1v) is 35.9. The maximum Gasteiger partial charge on any atom is 0.488 e. The zero-order chi connectivity index (χ0) is 68.2. The van der Waals surface area contributed by atoms with Crippen LogP contribution in [0.1, 0.15) is 0 Å². The average Bonchev–Trinajstić information content (AvgIpc) is 1.34. The average molecular weight is 1360 g/mol. The Labute approximate surface area is 601 Å². The standard InChI is InChI=1S/C46H28N2S.C30H21BO2S.C16H9ClN2/c1-3-12-29(13-4-1)31-22-23-43-40(25-31)41-27-34(30-14-5-2-6-15-30)26-39(46(41)49-43)32-16-11-17-33(24-32)42-28-47-44-37-20-9-7-18-35(37)36-19-8-10-21-38(36)45(44)48-42;32-31(33)25-13-7-12-23(16-25)26-18-24(21-10-5-2-6-11-21)19-28-27-17-22(20-8-3-1-4-9-20)14-15-29(27)34-30(26)28;17-14-9-18-15-12-7-3-1-5-10(12)11-6-2-4-8-13(11)16(15)19-14/h1-28H;1-19,32-33H;1-9H. The molecule has 0 aliphatic carbocycles. The summed E-state index contributed by atoms with van der Waals surface area (Å²) in [6, 6.07) is 115. The van der Waals surface area contributed by atoms with E-state index in [-0.39, 0.29) is 0 Å². The molecular formula is C92H58BClN4O2S2. The van der Waals surface area contributed by atoms with Gasteiger partial charge in [0.1, 0.15) is 5.15 Å². The number of hydrogen-bond acceptors (Lipinski definition) is 8. The van der Waals surface area contributed by atoms with Crippen molar-refractivity contribution in [2.24, 2.45) is 0 Å². The zero-order valence-electron chi connectivity index (χ0n) is 54.8. The first-order chi connectivity index (χ1) is 50.3. The Hall–Kier alpha value is -12.0. The van der Waals surface area contributed by atoms with Crippen molar-refractivity contribution in [3.05, 3.63) is 345 Å². The highest BCUT2D eigenvalue weighted by atomic mass is 35.5. The normalized spacial score (nSPS) is 11.5. The lowest BCUT2D eigenvalue weighted by molar-refractivity contribution is 0.426. The number of aromatic nitrogens is 4. The van der Waals surface area contributed by atoms with Crippen molar-refractivity contribution in [3.8, 4) is 78.0 Å². The fraction of sp³-hybridized carbons (Fsp3) is 0. The van der Waals surface area contributed by atoms with E-state index in [1.807, 2.05) is 72.1 Å². The Morgan fingerprint density at radius 3 is 1.06 bits per heavy atom. The van der Waals surface area contributed by atoms with Crippen molar-refractivity contribution in [2.75, 3.05) is 0 Å². The van der Waals surface area contributed by atoms with Crippen molar-refractivity contribution in [1.82, 2.24) is 19.9 Å². The largest absolute Gasteiger partial charge is 0.488 e. The topological polar surface area (TPSA) is 92.0 Å². The Balaban J connectivity index is 0.000000121. The van der Waals surface area contributed by atoms with E-state index in [0.29, 0.717) is 10.6 Å². The molecule has 0 saturated carbocycles. The second-order valence-corrected chi connectivity index (χ2v) is 28.0. The van der Waals surface area contributed by atoms with Gasteiger partial charge in [-0.1, -0.05) is 285 Å².